The van der Waals surface area contributed by atoms with E-state index < -0.39 is 0 Å². The number of hydrogen-bond acceptors (Lipinski definition) is 10. The molecule has 11 heteroatoms. The predicted molar refractivity (Wildman–Crippen MR) is 112 cm³/mol. The van der Waals surface area contributed by atoms with Crippen LogP contribution in [-0.2, 0) is 4.74 Å². The summed E-state index contributed by atoms with van der Waals surface area (Å²) >= 11 is 4.21. The number of carbonyl (C=O) groups excluding carboxylic acids is 2. The molecular formula is C18H19N5O3S3. The number of ether oxygens (including phenoxy) is 1. The number of aromatic nitrogens is 4. The van der Waals surface area contributed by atoms with Gasteiger partial charge < -0.3 is 9.64 Å². The molecule has 1 aliphatic rings. The molecule has 29 heavy (non-hydrogen) atoms. The van der Waals surface area contributed by atoms with E-state index in [1.54, 1.807) is 17.7 Å². The van der Waals surface area contributed by atoms with Gasteiger partial charge in [-0.3, -0.25) is 4.79 Å². The van der Waals surface area contributed by atoms with Gasteiger partial charge in [-0.25, -0.2) is 14.8 Å². The van der Waals surface area contributed by atoms with Crippen molar-refractivity contribution in [2.24, 2.45) is 0 Å². The largest absolute Gasteiger partial charge is 0.461 e. The molecular weight excluding hydrogens is 430 g/mol. The van der Waals surface area contributed by atoms with Crippen molar-refractivity contribution in [3.63, 3.8) is 0 Å². The summed E-state index contributed by atoms with van der Waals surface area (Å²) < 4.78 is 8.93. The summed E-state index contributed by atoms with van der Waals surface area (Å²) in [5, 5.41) is 9.27. The monoisotopic (exact) mass is 449 g/mol. The quantitative estimate of drug-likeness (QED) is 0.549. The van der Waals surface area contributed by atoms with Gasteiger partial charge in [0.05, 0.1) is 17.3 Å². The van der Waals surface area contributed by atoms with Crippen molar-refractivity contribution in [2.45, 2.75) is 32.6 Å². The van der Waals surface area contributed by atoms with E-state index in [0.29, 0.717) is 31.1 Å². The zero-order chi connectivity index (χ0) is 20.4. The van der Waals surface area contributed by atoms with Gasteiger partial charge in [-0.15, -0.1) is 27.8 Å². The van der Waals surface area contributed by atoms with Crippen LogP contribution < -0.4 is 0 Å². The first-order chi connectivity index (χ1) is 14.1. The molecule has 0 aliphatic carbocycles. The third kappa shape index (κ3) is 4.21. The van der Waals surface area contributed by atoms with Crippen LogP contribution in [0.25, 0.3) is 9.88 Å². The van der Waals surface area contributed by atoms with Crippen LogP contribution in [0.3, 0.4) is 0 Å². The summed E-state index contributed by atoms with van der Waals surface area (Å²) in [6.45, 7) is 5.29. The molecule has 1 aliphatic heterocycles. The van der Waals surface area contributed by atoms with Crippen LogP contribution in [0.5, 0.6) is 0 Å². The van der Waals surface area contributed by atoms with Gasteiger partial charge in [-0.05, 0) is 38.2 Å². The number of hydrogen-bond donors (Lipinski definition) is 0. The second-order valence-corrected chi connectivity index (χ2v) is 9.09. The van der Waals surface area contributed by atoms with Gasteiger partial charge >= 0.3 is 5.97 Å². The van der Waals surface area contributed by atoms with E-state index in [-0.39, 0.29) is 17.8 Å². The predicted octanol–water partition coefficient (Wildman–Crippen LogP) is 3.62. The molecule has 3 aromatic rings. The maximum atomic E-state index is 12.8. The van der Waals surface area contributed by atoms with Crippen LogP contribution in [0.2, 0.25) is 0 Å². The summed E-state index contributed by atoms with van der Waals surface area (Å²) in [4.78, 5) is 36.3. The summed E-state index contributed by atoms with van der Waals surface area (Å²) in [6.07, 6.45) is 1.63. The Morgan fingerprint density at radius 1 is 1.17 bits per heavy atom. The normalized spacial score (nSPS) is 14.9. The lowest BCUT2D eigenvalue weighted by molar-refractivity contribution is 0.0520. The lowest BCUT2D eigenvalue weighted by Crippen LogP contribution is -2.38. The number of esters is 1. The van der Waals surface area contributed by atoms with Crippen molar-refractivity contribution in [1.29, 1.82) is 0 Å². The van der Waals surface area contributed by atoms with Gasteiger partial charge in [0.1, 0.15) is 15.6 Å². The molecule has 0 aromatic carbocycles. The zero-order valence-corrected chi connectivity index (χ0v) is 18.4. The average Bonchev–Trinajstić information content (AvgIpc) is 3.48. The summed E-state index contributed by atoms with van der Waals surface area (Å²) in [5.74, 6) is -0.176. The van der Waals surface area contributed by atoms with Gasteiger partial charge in [0.2, 0.25) is 0 Å². The van der Waals surface area contributed by atoms with E-state index in [1.807, 2.05) is 11.8 Å². The van der Waals surface area contributed by atoms with E-state index in [0.717, 1.165) is 33.4 Å². The Balaban J connectivity index is 1.37. The molecule has 0 unspecified atom stereocenters. The lowest BCUT2D eigenvalue weighted by atomic mass is 9.97. The molecule has 4 heterocycles. The number of amides is 1. The topological polar surface area (TPSA) is 98.2 Å². The van der Waals surface area contributed by atoms with E-state index in [2.05, 4.69) is 19.6 Å². The fraction of sp³-hybridized carbons (Fsp3) is 0.444. The standard InChI is InChI=1S/C18H19N5O3S3/c1-3-26-18(25)13-9-27-15(20-13)11-4-6-23(7-5-11)17(24)12-8-28-16(19-12)14-10(2)21-22-29-14/h8-9,11H,3-7H2,1-2H3. The molecule has 0 bridgehead atoms. The highest BCUT2D eigenvalue weighted by Crippen LogP contribution is 2.32. The number of piperidine rings is 1. The van der Waals surface area contributed by atoms with Crippen LogP contribution in [-0.4, -0.2) is 56.0 Å². The van der Waals surface area contributed by atoms with Crippen molar-refractivity contribution >= 4 is 46.1 Å². The average molecular weight is 450 g/mol. The molecule has 0 saturated carbocycles. The fourth-order valence-electron chi connectivity index (χ4n) is 3.17. The molecule has 0 N–H and O–H groups in total. The minimum Gasteiger partial charge on any atom is -0.461 e. The van der Waals surface area contributed by atoms with Gasteiger partial charge in [0, 0.05) is 29.8 Å². The summed E-state index contributed by atoms with van der Waals surface area (Å²) in [7, 11) is 0. The van der Waals surface area contributed by atoms with Crippen LogP contribution in [0, 0.1) is 6.92 Å². The van der Waals surface area contributed by atoms with Crippen molar-refractivity contribution in [1.82, 2.24) is 24.5 Å². The molecule has 1 amide bonds. The molecule has 0 radical (unpaired) electrons. The van der Waals surface area contributed by atoms with Crippen LogP contribution in [0.4, 0.5) is 0 Å². The number of thiazole rings is 2. The highest BCUT2D eigenvalue weighted by molar-refractivity contribution is 7.18. The van der Waals surface area contributed by atoms with E-state index in [4.69, 9.17) is 4.74 Å². The molecule has 0 atom stereocenters. The number of carbonyl (C=O) groups is 2. The Kier molecular flexibility index (Phi) is 5.97. The molecule has 4 rings (SSSR count). The summed E-state index contributed by atoms with van der Waals surface area (Å²) in [6, 6.07) is 0. The van der Waals surface area contributed by atoms with Crippen molar-refractivity contribution < 1.29 is 14.3 Å². The van der Waals surface area contributed by atoms with Crippen molar-refractivity contribution in [3.8, 4) is 9.88 Å². The first kappa shape index (κ1) is 20.0. The van der Waals surface area contributed by atoms with E-state index >= 15 is 0 Å². The van der Waals surface area contributed by atoms with Gasteiger partial charge in [0.25, 0.3) is 5.91 Å². The second-order valence-electron chi connectivity index (χ2n) is 6.58. The van der Waals surface area contributed by atoms with Crippen molar-refractivity contribution in [3.05, 3.63) is 32.8 Å². The van der Waals surface area contributed by atoms with Crippen molar-refractivity contribution in [2.75, 3.05) is 19.7 Å². The summed E-state index contributed by atoms with van der Waals surface area (Å²) in [5.41, 5.74) is 1.66. The minimum atomic E-state index is -0.381. The maximum absolute atomic E-state index is 12.8. The van der Waals surface area contributed by atoms with E-state index in [1.165, 1.54) is 34.2 Å². The van der Waals surface area contributed by atoms with Gasteiger partial charge in [-0.1, -0.05) is 4.49 Å². The molecule has 3 aromatic heterocycles. The minimum absolute atomic E-state index is 0.0487. The number of rotatable bonds is 5. The van der Waals surface area contributed by atoms with Crippen LogP contribution >= 0.6 is 34.2 Å². The van der Waals surface area contributed by atoms with Crippen LogP contribution in [0.15, 0.2) is 10.8 Å². The smallest absolute Gasteiger partial charge is 0.357 e. The first-order valence-electron chi connectivity index (χ1n) is 9.23. The van der Waals surface area contributed by atoms with E-state index in [9.17, 15) is 9.59 Å². The Morgan fingerprint density at radius 3 is 2.62 bits per heavy atom. The zero-order valence-electron chi connectivity index (χ0n) is 16.0. The fourth-order valence-corrected chi connectivity index (χ4v) is 5.71. The SMILES string of the molecule is CCOC(=O)c1csc(C2CCN(C(=O)c3csc(-c4snnc4C)n3)CC2)n1. The third-order valence-corrected chi connectivity index (χ3v) is 7.54. The second kappa shape index (κ2) is 8.64. The molecule has 152 valence electrons. The Morgan fingerprint density at radius 2 is 1.93 bits per heavy atom. The number of nitrogens with zero attached hydrogens (tertiary/aromatic N) is 5. The molecule has 1 fully saturated rings. The highest BCUT2D eigenvalue weighted by Gasteiger charge is 2.28. The Bertz CT molecular complexity index is 1020. The Hall–Kier alpha value is -2.24. The molecule has 8 nitrogen and oxygen atoms in total. The third-order valence-electron chi connectivity index (χ3n) is 4.71. The molecule has 0 spiro atoms. The number of aryl methyl sites for hydroxylation is 1. The van der Waals surface area contributed by atoms with Gasteiger partial charge in [-0.2, -0.15) is 0 Å². The first-order valence-corrected chi connectivity index (χ1v) is 11.8. The maximum Gasteiger partial charge on any atom is 0.357 e. The van der Waals surface area contributed by atoms with Crippen LogP contribution in [0.1, 0.15) is 57.4 Å². The van der Waals surface area contributed by atoms with Gasteiger partial charge in [0.15, 0.2) is 5.69 Å². The highest BCUT2D eigenvalue weighted by atomic mass is 32.1. The Labute approximate surface area is 179 Å². The lowest BCUT2D eigenvalue weighted by Gasteiger charge is -2.30. The molecule has 1 saturated heterocycles. The number of likely N-dealkylation sites (tertiary alicyclic amines) is 1.